The number of hydrogen-bond acceptors (Lipinski definition) is 6. The second kappa shape index (κ2) is 10.7. The van der Waals surface area contributed by atoms with Crippen molar-refractivity contribution in [1.82, 2.24) is 0 Å². The lowest BCUT2D eigenvalue weighted by Gasteiger charge is -2.26. The summed E-state index contributed by atoms with van der Waals surface area (Å²) >= 11 is 6.09. The Morgan fingerprint density at radius 3 is 2.12 bits per heavy atom. The number of methoxy groups -OCH3 is 3. The lowest BCUT2D eigenvalue weighted by atomic mass is 10.1. The molecular weight excluding hydrogens is 480 g/mol. The Hall–Kier alpha value is -3.43. The van der Waals surface area contributed by atoms with Crippen molar-refractivity contribution in [2.45, 2.75) is 6.54 Å². The topological polar surface area (TPSA) is 94.2 Å². The van der Waals surface area contributed by atoms with Gasteiger partial charge in [0.15, 0.2) is 11.5 Å². The van der Waals surface area contributed by atoms with Gasteiger partial charge in [-0.2, -0.15) is 0 Å². The number of ether oxygens (including phenoxy) is 3. The number of carbonyl (C=O) groups is 1. The number of sulfonamides is 1. The number of halogens is 1. The average Bonchev–Trinajstić information content (AvgIpc) is 2.81. The van der Waals surface area contributed by atoms with E-state index >= 15 is 0 Å². The van der Waals surface area contributed by atoms with Crippen LogP contribution >= 0.6 is 11.6 Å². The molecule has 0 aromatic heterocycles. The molecule has 0 bridgehead atoms. The van der Waals surface area contributed by atoms with E-state index in [0.717, 1.165) is 16.1 Å². The SMILES string of the molecule is COc1ccc(Cl)cc1NC(=O)c1cc(OC)c(OC)cc1N(Cc1ccccc1)S(C)(=O)=O. The van der Waals surface area contributed by atoms with Gasteiger partial charge >= 0.3 is 0 Å². The van der Waals surface area contributed by atoms with E-state index in [1.807, 2.05) is 18.2 Å². The monoisotopic (exact) mass is 504 g/mol. The Labute approximate surface area is 204 Å². The molecule has 3 rings (SSSR count). The van der Waals surface area contributed by atoms with Crippen molar-refractivity contribution in [3.63, 3.8) is 0 Å². The van der Waals surface area contributed by atoms with Crippen molar-refractivity contribution in [3.05, 3.63) is 76.8 Å². The molecule has 1 amide bonds. The number of nitrogens with one attached hydrogen (secondary N) is 1. The summed E-state index contributed by atoms with van der Waals surface area (Å²) in [5.41, 5.74) is 1.25. The maximum absolute atomic E-state index is 13.4. The van der Waals surface area contributed by atoms with Crippen LogP contribution in [0.1, 0.15) is 15.9 Å². The van der Waals surface area contributed by atoms with E-state index in [1.165, 1.54) is 39.5 Å². The van der Waals surface area contributed by atoms with Crippen molar-refractivity contribution in [3.8, 4) is 17.2 Å². The Morgan fingerprint density at radius 2 is 1.53 bits per heavy atom. The van der Waals surface area contributed by atoms with Gasteiger partial charge < -0.3 is 19.5 Å². The van der Waals surface area contributed by atoms with Crippen molar-refractivity contribution in [1.29, 1.82) is 0 Å². The molecule has 3 aromatic rings. The molecule has 180 valence electrons. The van der Waals surface area contributed by atoms with Crippen LogP contribution in [-0.2, 0) is 16.6 Å². The van der Waals surface area contributed by atoms with Gasteiger partial charge in [-0.1, -0.05) is 41.9 Å². The van der Waals surface area contributed by atoms with Crippen LogP contribution in [0.2, 0.25) is 5.02 Å². The molecule has 0 spiro atoms. The molecular formula is C24H25ClN2O6S. The zero-order valence-corrected chi connectivity index (χ0v) is 20.7. The van der Waals surface area contributed by atoms with E-state index in [4.69, 9.17) is 25.8 Å². The summed E-state index contributed by atoms with van der Waals surface area (Å²) in [6.45, 7) is 0.00984. The number of hydrogen-bond donors (Lipinski definition) is 1. The van der Waals surface area contributed by atoms with E-state index in [9.17, 15) is 13.2 Å². The summed E-state index contributed by atoms with van der Waals surface area (Å²) in [6, 6.07) is 16.7. The van der Waals surface area contributed by atoms with Gasteiger partial charge in [0.2, 0.25) is 10.0 Å². The van der Waals surface area contributed by atoms with Gasteiger partial charge in [-0.3, -0.25) is 9.10 Å². The smallest absolute Gasteiger partial charge is 0.258 e. The first kappa shape index (κ1) is 25.2. The molecule has 0 saturated carbocycles. The molecule has 0 fully saturated rings. The number of rotatable bonds is 9. The number of nitrogens with zero attached hydrogens (tertiary/aromatic N) is 1. The lowest BCUT2D eigenvalue weighted by Crippen LogP contribution is -2.31. The molecule has 0 aliphatic rings. The maximum Gasteiger partial charge on any atom is 0.258 e. The molecule has 0 radical (unpaired) electrons. The van der Waals surface area contributed by atoms with Crippen LogP contribution in [0.3, 0.4) is 0 Å². The highest BCUT2D eigenvalue weighted by molar-refractivity contribution is 7.92. The molecule has 0 aliphatic carbocycles. The summed E-state index contributed by atoms with van der Waals surface area (Å²) in [5.74, 6) is 0.348. The fourth-order valence-electron chi connectivity index (χ4n) is 3.35. The zero-order valence-electron chi connectivity index (χ0n) is 19.2. The molecule has 8 nitrogen and oxygen atoms in total. The highest BCUT2D eigenvalue weighted by atomic mass is 35.5. The first-order valence-corrected chi connectivity index (χ1v) is 12.3. The van der Waals surface area contributed by atoms with Crippen molar-refractivity contribution in [2.75, 3.05) is 37.2 Å². The van der Waals surface area contributed by atoms with Gasteiger partial charge in [0.1, 0.15) is 5.75 Å². The van der Waals surface area contributed by atoms with Crippen molar-refractivity contribution < 1.29 is 27.4 Å². The number of anilines is 2. The quantitative estimate of drug-likeness (QED) is 0.458. The van der Waals surface area contributed by atoms with Crippen LogP contribution in [-0.4, -0.2) is 41.9 Å². The molecule has 0 saturated heterocycles. The minimum atomic E-state index is -3.80. The van der Waals surface area contributed by atoms with E-state index in [-0.39, 0.29) is 29.3 Å². The summed E-state index contributed by atoms with van der Waals surface area (Å²) in [4.78, 5) is 13.4. The Balaban J connectivity index is 2.16. The largest absolute Gasteiger partial charge is 0.495 e. The summed E-state index contributed by atoms with van der Waals surface area (Å²) in [6.07, 6.45) is 1.08. The molecule has 0 unspecified atom stereocenters. The summed E-state index contributed by atoms with van der Waals surface area (Å²) in [7, 11) is 0.525. The van der Waals surface area contributed by atoms with Gasteiger partial charge in [0.05, 0.1) is 51.1 Å². The third-order valence-corrected chi connectivity index (χ3v) is 6.36. The minimum absolute atomic E-state index is 0.00984. The number of carbonyl (C=O) groups excluding carboxylic acids is 1. The van der Waals surface area contributed by atoms with Gasteiger partial charge in [0, 0.05) is 11.1 Å². The second-order valence-electron chi connectivity index (χ2n) is 7.28. The Bertz CT molecular complexity index is 1280. The molecule has 10 heteroatoms. The fourth-order valence-corrected chi connectivity index (χ4v) is 4.42. The molecule has 1 N–H and O–H groups in total. The highest BCUT2D eigenvalue weighted by Gasteiger charge is 2.27. The molecule has 0 atom stereocenters. The first-order valence-electron chi connectivity index (χ1n) is 10.1. The molecule has 0 heterocycles. The molecule has 0 aliphatic heterocycles. The first-order chi connectivity index (χ1) is 16.2. The summed E-state index contributed by atoms with van der Waals surface area (Å²) in [5, 5.41) is 3.15. The number of amides is 1. The van der Waals surface area contributed by atoms with Crippen LogP contribution < -0.4 is 23.8 Å². The summed E-state index contributed by atoms with van der Waals surface area (Å²) < 4.78 is 42.9. The van der Waals surface area contributed by atoms with Crippen LogP contribution in [0, 0.1) is 0 Å². The van der Waals surface area contributed by atoms with Crippen molar-refractivity contribution in [2.24, 2.45) is 0 Å². The fraction of sp³-hybridized carbons (Fsp3) is 0.208. The lowest BCUT2D eigenvalue weighted by molar-refractivity contribution is 0.102. The van der Waals surface area contributed by atoms with Gasteiger partial charge in [0.25, 0.3) is 5.91 Å². The van der Waals surface area contributed by atoms with Crippen LogP contribution in [0.5, 0.6) is 17.2 Å². The predicted octanol–water partition coefficient (Wildman–Crippen LogP) is 4.58. The third-order valence-electron chi connectivity index (χ3n) is 4.99. The van der Waals surface area contributed by atoms with E-state index in [1.54, 1.807) is 24.3 Å². The van der Waals surface area contributed by atoms with E-state index in [2.05, 4.69) is 5.32 Å². The molecule has 3 aromatic carbocycles. The van der Waals surface area contributed by atoms with Crippen molar-refractivity contribution >= 4 is 38.9 Å². The molecule has 34 heavy (non-hydrogen) atoms. The van der Waals surface area contributed by atoms with Gasteiger partial charge in [-0.05, 0) is 29.8 Å². The van der Waals surface area contributed by atoms with E-state index in [0.29, 0.717) is 16.5 Å². The Morgan fingerprint density at radius 1 is 0.912 bits per heavy atom. The minimum Gasteiger partial charge on any atom is -0.495 e. The maximum atomic E-state index is 13.4. The highest BCUT2D eigenvalue weighted by Crippen LogP contribution is 2.38. The Kier molecular flexibility index (Phi) is 7.90. The second-order valence-corrected chi connectivity index (χ2v) is 9.62. The predicted molar refractivity (Wildman–Crippen MR) is 133 cm³/mol. The normalized spacial score (nSPS) is 11.0. The van der Waals surface area contributed by atoms with Crippen LogP contribution in [0.25, 0.3) is 0 Å². The average molecular weight is 505 g/mol. The number of benzene rings is 3. The third kappa shape index (κ3) is 5.73. The van der Waals surface area contributed by atoms with Crippen LogP contribution in [0.4, 0.5) is 11.4 Å². The zero-order chi connectivity index (χ0) is 24.9. The van der Waals surface area contributed by atoms with Gasteiger partial charge in [-0.25, -0.2) is 8.42 Å². The van der Waals surface area contributed by atoms with E-state index < -0.39 is 15.9 Å². The van der Waals surface area contributed by atoms with Gasteiger partial charge in [-0.15, -0.1) is 0 Å². The van der Waals surface area contributed by atoms with Crippen LogP contribution in [0.15, 0.2) is 60.7 Å². The standard InChI is InChI=1S/C24H25ClN2O6S/c1-31-21-11-10-17(25)12-19(21)26-24(28)18-13-22(32-2)23(33-3)14-20(18)27(34(4,29)30)15-16-8-6-5-7-9-16/h5-14H,15H2,1-4H3,(H,26,28).